The van der Waals surface area contributed by atoms with Crippen LogP contribution in [0.4, 0.5) is 4.79 Å². The predicted octanol–water partition coefficient (Wildman–Crippen LogP) is 2.86. The van der Waals surface area contributed by atoms with Crippen LogP contribution in [0.1, 0.15) is 36.6 Å². The van der Waals surface area contributed by atoms with E-state index in [1.807, 2.05) is 37.3 Å². The van der Waals surface area contributed by atoms with Crippen LogP contribution in [0.2, 0.25) is 5.02 Å². The molecular weight excluding hydrogens is 382 g/mol. The number of ether oxygens (including phenoxy) is 1. The van der Waals surface area contributed by atoms with Crippen LogP contribution in [0.3, 0.4) is 0 Å². The normalized spacial score (nSPS) is 12.5. The average Bonchev–Trinajstić information content (AvgIpc) is 2.67. The van der Waals surface area contributed by atoms with E-state index in [4.69, 9.17) is 22.1 Å². The van der Waals surface area contributed by atoms with Gasteiger partial charge in [0.15, 0.2) is 6.61 Å². The van der Waals surface area contributed by atoms with E-state index in [0.717, 1.165) is 5.56 Å². The zero-order valence-electron chi connectivity index (χ0n) is 15.4. The van der Waals surface area contributed by atoms with E-state index in [9.17, 15) is 14.4 Å². The van der Waals surface area contributed by atoms with Crippen LogP contribution in [0, 0.1) is 0 Å². The number of primary amides is 1. The minimum atomic E-state index is -0.776. The topological polar surface area (TPSA) is 111 Å². The Balaban J connectivity index is 1.87. The maximum atomic E-state index is 12.1. The van der Waals surface area contributed by atoms with E-state index in [1.54, 1.807) is 24.3 Å². The second-order valence-corrected chi connectivity index (χ2v) is 6.61. The zero-order valence-corrected chi connectivity index (χ0v) is 16.1. The van der Waals surface area contributed by atoms with Crippen molar-refractivity contribution in [2.24, 2.45) is 5.73 Å². The highest BCUT2D eigenvalue weighted by molar-refractivity contribution is 6.30. The van der Waals surface area contributed by atoms with Gasteiger partial charge in [-0.2, -0.15) is 0 Å². The number of benzene rings is 2. The summed E-state index contributed by atoms with van der Waals surface area (Å²) in [6.45, 7) is 1.42. The lowest BCUT2D eigenvalue weighted by Gasteiger charge is -2.18. The SMILES string of the molecule is C[C@@H](NC(=O)COC(=O)C[C@@H](NC(N)=O)c1ccc(Cl)cc1)c1ccccc1. The molecule has 2 rings (SSSR count). The number of hydrogen-bond acceptors (Lipinski definition) is 4. The Morgan fingerprint density at radius 3 is 2.25 bits per heavy atom. The number of nitrogens with one attached hydrogen (secondary N) is 2. The fourth-order valence-electron chi connectivity index (χ4n) is 2.60. The third kappa shape index (κ3) is 6.92. The van der Waals surface area contributed by atoms with Crippen molar-refractivity contribution in [3.63, 3.8) is 0 Å². The fraction of sp³-hybridized carbons (Fsp3) is 0.250. The first-order valence-electron chi connectivity index (χ1n) is 8.66. The number of hydrogen-bond donors (Lipinski definition) is 3. The Kier molecular flexibility index (Phi) is 7.83. The first-order valence-corrected chi connectivity index (χ1v) is 9.04. The summed E-state index contributed by atoms with van der Waals surface area (Å²) in [6, 6.07) is 14.4. The van der Waals surface area contributed by atoms with Gasteiger partial charge < -0.3 is 21.1 Å². The zero-order chi connectivity index (χ0) is 20.5. The van der Waals surface area contributed by atoms with E-state index in [1.165, 1.54) is 0 Å². The molecule has 0 unspecified atom stereocenters. The number of urea groups is 1. The lowest BCUT2D eigenvalue weighted by Crippen LogP contribution is -2.35. The minimum Gasteiger partial charge on any atom is -0.456 e. The summed E-state index contributed by atoms with van der Waals surface area (Å²) < 4.78 is 5.03. The smallest absolute Gasteiger partial charge is 0.312 e. The molecule has 0 aliphatic rings. The van der Waals surface area contributed by atoms with E-state index in [2.05, 4.69) is 10.6 Å². The molecule has 0 radical (unpaired) electrons. The minimum absolute atomic E-state index is 0.175. The number of halogens is 1. The molecule has 0 bridgehead atoms. The van der Waals surface area contributed by atoms with Crippen molar-refractivity contribution in [3.8, 4) is 0 Å². The number of nitrogens with two attached hydrogens (primary N) is 1. The third-order valence-electron chi connectivity index (χ3n) is 4.00. The molecule has 0 aromatic heterocycles. The summed E-state index contributed by atoms with van der Waals surface area (Å²) >= 11 is 5.85. The van der Waals surface area contributed by atoms with Crippen LogP contribution in [0.5, 0.6) is 0 Å². The molecule has 148 valence electrons. The molecule has 4 N–H and O–H groups in total. The summed E-state index contributed by atoms with van der Waals surface area (Å²) in [6.07, 6.45) is -0.175. The second-order valence-electron chi connectivity index (χ2n) is 6.18. The van der Waals surface area contributed by atoms with Crippen molar-refractivity contribution >= 4 is 29.5 Å². The molecule has 2 atom stereocenters. The van der Waals surface area contributed by atoms with Crippen molar-refractivity contribution in [2.75, 3.05) is 6.61 Å². The van der Waals surface area contributed by atoms with Gasteiger partial charge in [0.1, 0.15) is 0 Å². The summed E-state index contributed by atoms with van der Waals surface area (Å²) in [5.41, 5.74) is 6.76. The van der Waals surface area contributed by atoms with Crippen LogP contribution >= 0.6 is 11.6 Å². The maximum absolute atomic E-state index is 12.1. The van der Waals surface area contributed by atoms with Crippen LogP contribution in [0.15, 0.2) is 54.6 Å². The molecule has 0 aliphatic carbocycles. The highest BCUT2D eigenvalue weighted by Gasteiger charge is 2.19. The van der Waals surface area contributed by atoms with Gasteiger partial charge in [0, 0.05) is 5.02 Å². The number of carbonyl (C=O) groups is 3. The van der Waals surface area contributed by atoms with Gasteiger partial charge in [-0.1, -0.05) is 54.1 Å². The van der Waals surface area contributed by atoms with E-state index in [-0.39, 0.29) is 12.5 Å². The van der Waals surface area contributed by atoms with Gasteiger partial charge in [0.2, 0.25) is 0 Å². The Bertz CT molecular complexity index is 812. The average molecular weight is 404 g/mol. The highest BCUT2D eigenvalue weighted by atomic mass is 35.5. The monoisotopic (exact) mass is 403 g/mol. The van der Waals surface area contributed by atoms with Gasteiger partial charge in [0.05, 0.1) is 18.5 Å². The van der Waals surface area contributed by atoms with Crippen molar-refractivity contribution in [2.45, 2.75) is 25.4 Å². The lowest BCUT2D eigenvalue weighted by molar-refractivity contribution is -0.149. The van der Waals surface area contributed by atoms with Crippen LogP contribution < -0.4 is 16.4 Å². The Labute approximate surface area is 168 Å². The third-order valence-corrected chi connectivity index (χ3v) is 4.25. The first-order chi connectivity index (χ1) is 13.3. The van der Waals surface area contributed by atoms with Crippen molar-refractivity contribution in [1.82, 2.24) is 10.6 Å². The predicted molar refractivity (Wildman–Crippen MR) is 105 cm³/mol. The maximum Gasteiger partial charge on any atom is 0.312 e. The molecule has 8 heteroatoms. The van der Waals surface area contributed by atoms with Gasteiger partial charge in [0.25, 0.3) is 5.91 Å². The van der Waals surface area contributed by atoms with Crippen molar-refractivity contribution in [1.29, 1.82) is 0 Å². The number of amides is 3. The fourth-order valence-corrected chi connectivity index (χ4v) is 2.72. The number of esters is 1. The number of carbonyl (C=O) groups excluding carboxylic acids is 3. The molecule has 0 saturated heterocycles. The molecule has 3 amide bonds. The molecule has 0 saturated carbocycles. The molecule has 0 spiro atoms. The van der Waals surface area contributed by atoms with Gasteiger partial charge in [-0.15, -0.1) is 0 Å². The van der Waals surface area contributed by atoms with Crippen molar-refractivity contribution < 1.29 is 19.1 Å². The summed E-state index contributed by atoms with van der Waals surface area (Å²) in [5, 5.41) is 5.76. The van der Waals surface area contributed by atoms with E-state index in [0.29, 0.717) is 10.6 Å². The Hall–Kier alpha value is -3.06. The van der Waals surface area contributed by atoms with E-state index >= 15 is 0 Å². The highest BCUT2D eigenvalue weighted by Crippen LogP contribution is 2.20. The summed E-state index contributed by atoms with van der Waals surface area (Å²) in [7, 11) is 0. The number of rotatable bonds is 8. The molecule has 7 nitrogen and oxygen atoms in total. The summed E-state index contributed by atoms with van der Waals surface area (Å²) in [5.74, 6) is -1.06. The van der Waals surface area contributed by atoms with Crippen LogP contribution in [-0.4, -0.2) is 24.5 Å². The molecule has 0 aliphatic heterocycles. The van der Waals surface area contributed by atoms with Crippen LogP contribution in [-0.2, 0) is 14.3 Å². The molecule has 2 aromatic carbocycles. The molecule has 2 aromatic rings. The molecule has 0 fully saturated rings. The van der Waals surface area contributed by atoms with Gasteiger partial charge in [-0.25, -0.2) is 4.79 Å². The van der Waals surface area contributed by atoms with Gasteiger partial charge in [-0.3, -0.25) is 9.59 Å². The summed E-state index contributed by atoms with van der Waals surface area (Å²) in [4.78, 5) is 35.3. The molecular formula is C20H22ClN3O4. The van der Waals surface area contributed by atoms with Crippen LogP contribution in [0.25, 0.3) is 0 Å². The van der Waals surface area contributed by atoms with Crippen molar-refractivity contribution in [3.05, 3.63) is 70.7 Å². The van der Waals surface area contributed by atoms with Gasteiger partial charge in [-0.05, 0) is 30.2 Å². The Morgan fingerprint density at radius 1 is 1.00 bits per heavy atom. The molecule has 0 heterocycles. The van der Waals surface area contributed by atoms with E-state index < -0.39 is 30.6 Å². The molecule has 28 heavy (non-hydrogen) atoms. The first kappa shape index (κ1) is 21.2. The largest absolute Gasteiger partial charge is 0.456 e. The Morgan fingerprint density at radius 2 is 1.64 bits per heavy atom. The lowest BCUT2D eigenvalue weighted by atomic mass is 10.0. The quantitative estimate of drug-likeness (QED) is 0.588. The second kappa shape index (κ2) is 10.3. The standard InChI is InChI=1S/C20H22ClN3O4/c1-13(14-5-3-2-4-6-14)23-18(25)12-28-19(26)11-17(24-20(22)27)15-7-9-16(21)10-8-15/h2-10,13,17H,11-12H2,1H3,(H,23,25)(H3,22,24,27)/t13-,17-/m1/s1. The van der Waals surface area contributed by atoms with Gasteiger partial charge >= 0.3 is 12.0 Å².